The van der Waals surface area contributed by atoms with Gasteiger partial charge in [-0.2, -0.15) is 0 Å². The maximum absolute atomic E-state index is 12.5. The number of fused-ring (bicyclic) bond motifs is 1. The summed E-state index contributed by atoms with van der Waals surface area (Å²) in [5.74, 6) is -0.180. The SMILES string of the molecule is Cc1cc(-c2[nH]c3[nH]c(=O)[nH]c(=O)c3c2-c2c(N)[nH]c(=O)[nH]c2=O)c(C)s1. The number of nitrogens with one attached hydrogen (secondary N) is 5. The lowest BCUT2D eigenvalue weighted by molar-refractivity contribution is 1.05. The van der Waals surface area contributed by atoms with Crippen LogP contribution in [0.4, 0.5) is 5.82 Å². The second-order valence-electron chi connectivity index (χ2n) is 6.06. The fourth-order valence-corrected chi connectivity index (χ4v) is 4.15. The molecule has 11 heteroatoms. The Balaban J connectivity index is 2.26. The highest BCUT2D eigenvalue weighted by atomic mass is 32.1. The van der Waals surface area contributed by atoms with Crippen molar-refractivity contribution in [1.82, 2.24) is 24.9 Å². The molecule has 0 atom stereocenters. The molecule has 0 saturated heterocycles. The summed E-state index contributed by atoms with van der Waals surface area (Å²) in [4.78, 5) is 62.3. The fourth-order valence-electron chi connectivity index (χ4n) is 3.21. The van der Waals surface area contributed by atoms with Crippen molar-refractivity contribution >= 4 is 28.2 Å². The average Bonchev–Trinajstić information content (AvgIpc) is 3.06. The molecule has 0 aliphatic rings. The summed E-state index contributed by atoms with van der Waals surface area (Å²) in [5.41, 5.74) is 4.55. The summed E-state index contributed by atoms with van der Waals surface area (Å²) in [5, 5.41) is 0.0668. The van der Waals surface area contributed by atoms with E-state index in [1.807, 2.05) is 19.9 Å². The van der Waals surface area contributed by atoms with E-state index < -0.39 is 22.5 Å². The number of H-pyrrole nitrogens is 5. The summed E-state index contributed by atoms with van der Waals surface area (Å²) in [7, 11) is 0. The number of aromatic nitrogens is 5. The van der Waals surface area contributed by atoms with Gasteiger partial charge < -0.3 is 10.7 Å². The van der Waals surface area contributed by atoms with Crippen LogP contribution in [-0.2, 0) is 0 Å². The van der Waals surface area contributed by atoms with Crippen molar-refractivity contribution < 1.29 is 0 Å². The van der Waals surface area contributed by atoms with Gasteiger partial charge in [-0.3, -0.25) is 29.5 Å². The second-order valence-corrected chi connectivity index (χ2v) is 7.52. The largest absolute Gasteiger partial charge is 0.384 e. The van der Waals surface area contributed by atoms with Crippen LogP contribution < -0.4 is 28.2 Å². The normalized spacial score (nSPS) is 11.3. The van der Waals surface area contributed by atoms with Gasteiger partial charge >= 0.3 is 11.4 Å². The highest BCUT2D eigenvalue weighted by molar-refractivity contribution is 7.12. The van der Waals surface area contributed by atoms with Gasteiger partial charge in [0.05, 0.1) is 16.6 Å². The van der Waals surface area contributed by atoms with Crippen molar-refractivity contribution in [3.63, 3.8) is 0 Å². The first-order valence-corrected chi connectivity index (χ1v) is 8.66. The number of hydrogen-bond donors (Lipinski definition) is 6. The van der Waals surface area contributed by atoms with E-state index >= 15 is 0 Å². The highest BCUT2D eigenvalue weighted by Crippen LogP contribution is 2.39. The Morgan fingerprint density at radius 1 is 0.852 bits per heavy atom. The molecule has 4 rings (SSSR count). The molecule has 0 spiro atoms. The molecule has 7 N–H and O–H groups in total. The minimum atomic E-state index is -0.757. The van der Waals surface area contributed by atoms with Gasteiger partial charge in [0, 0.05) is 20.9 Å². The van der Waals surface area contributed by atoms with Gasteiger partial charge in [0.25, 0.3) is 11.1 Å². The van der Waals surface area contributed by atoms with Gasteiger partial charge in [0.1, 0.15) is 11.5 Å². The van der Waals surface area contributed by atoms with Crippen molar-refractivity contribution in [3.8, 4) is 22.4 Å². The lowest BCUT2D eigenvalue weighted by atomic mass is 10.0. The molecule has 0 aromatic carbocycles. The lowest BCUT2D eigenvalue weighted by Gasteiger charge is -2.06. The zero-order valence-electron chi connectivity index (χ0n) is 14.2. The molecule has 138 valence electrons. The summed E-state index contributed by atoms with van der Waals surface area (Å²) in [6, 6.07) is 1.90. The summed E-state index contributed by atoms with van der Waals surface area (Å²) < 4.78 is 0. The van der Waals surface area contributed by atoms with Crippen molar-refractivity contribution in [3.05, 3.63) is 57.5 Å². The Morgan fingerprint density at radius 3 is 2.15 bits per heavy atom. The molecular weight excluding hydrogens is 372 g/mol. The van der Waals surface area contributed by atoms with Crippen molar-refractivity contribution in [1.29, 1.82) is 0 Å². The van der Waals surface area contributed by atoms with Gasteiger partial charge in [-0.1, -0.05) is 0 Å². The molecule has 4 aromatic heterocycles. The number of thiophene rings is 1. The van der Waals surface area contributed by atoms with E-state index in [1.165, 1.54) is 0 Å². The number of aromatic amines is 5. The minimum Gasteiger partial charge on any atom is -0.384 e. The quantitative estimate of drug-likeness (QED) is 0.294. The average molecular weight is 386 g/mol. The summed E-state index contributed by atoms with van der Waals surface area (Å²) >= 11 is 1.54. The first kappa shape index (κ1) is 16.8. The van der Waals surface area contributed by atoms with Gasteiger partial charge in [-0.05, 0) is 19.9 Å². The van der Waals surface area contributed by atoms with E-state index in [0.29, 0.717) is 5.69 Å². The Kier molecular flexibility index (Phi) is 3.56. The Labute approximate surface area is 153 Å². The number of nitrogen functional groups attached to an aromatic ring is 1. The van der Waals surface area contributed by atoms with Crippen LogP contribution in [0.1, 0.15) is 9.75 Å². The van der Waals surface area contributed by atoms with Crippen LogP contribution in [0.2, 0.25) is 0 Å². The molecule has 27 heavy (non-hydrogen) atoms. The number of rotatable bonds is 2. The monoisotopic (exact) mass is 386 g/mol. The van der Waals surface area contributed by atoms with Crippen LogP contribution in [0.25, 0.3) is 33.4 Å². The Bertz CT molecular complexity index is 1440. The van der Waals surface area contributed by atoms with Crippen molar-refractivity contribution in [2.24, 2.45) is 0 Å². The number of nitrogens with two attached hydrogens (primary N) is 1. The lowest BCUT2D eigenvalue weighted by Crippen LogP contribution is -2.26. The summed E-state index contributed by atoms with van der Waals surface area (Å²) in [6.07, 6.45) is 0. The molecule has 4 heterocycles. The second kappa shape index (κ2) is 5.71. The molecule has 0 bridgehead atoms. The zero-order chi connectivity index (χ0) is 19.5. The molecule has 0 fully saturated rings. The predicted molar refractivity (Wildman–Crippen MR) is 103 cm³/mol. The zero-order valence-corrected chi connectivity index (χ0v) is 15.0. The summed E-state index contributed by atoms with van der Waals surface area (Å²) in [6.45, 7) is 3.83. The number of anilines is 1. The van der Waals surface area contributed by atoms with E-state index in [9.17, 15) is 19.2 Å². The maximum Gasteiger partial charge on any atom is 0.327 e. The first-order valence-electron chi connectivity index (χ1n) is 7.84. The van der Waals surface area contributed by atoms with Crippen LogP contribution in [0.5, 0.6) is 0 Å². The standard InChI is InChI=1S/C16H14N6O4S/c1-4-3-6(5(2)27-4)10-7(8-11(17)19-15(25)21-13(8)23)9-12(18-10)20-16(26)22-14(9)24/h3H,1-2H3,(H4,17,19,21,23,25)(H3,18,20,22,24,26). The Hall–Kier alpha value is -3.60. The van der Waals surface area contributed by atoms with Gasteiger partial charge in [0.15, 0.2) is 0 Å². The van der Waals surface area contributed by atoms with Crippen molar-refractivity contribution in [2.75, 3.05) is 5.73 Å². The molecule has 0 amide bonds. The third-order valence-electron chi connectivity index (χ3n) is 4.22. The van der Waals surface area contributed by atoms with E-state index in [1.54, 1.807) is 11.3 Å². The van der Waals surface area contributed by atoms with E-state index in [2.05, 4.69) is 24.9 Å². The van der Waals surface area contributed by atoms with E-state index in [0.717, 1.165) is 15.3 Å². The Morgan fingerprint density at radius 2 is 1.52 bits per heavy atom. The van der Waals surface area contributed by atoms with E-state index in [-0.39, 0.29) is 28.0 Å². The third-order valence-corrected chi connectivity index (χ3v) is 5.19. The molecule has 0 saturated carbocycles. The number of hydrogen-bond acceptors (Lipinski definition) is 6. The van der Waals surface area contributed by atoms with E-state index in [4.69, 9.17) is 5.73 Å². The van der Waals surface area contributed by atoms with Gasteiger partial charge in [-0.25, -0.2) is 9.59 Å². The van der Waals surface area contributed by atoms with Crippen LogP contribution in [-0.4, -0.2) is 24.9 Å². The molecular formula is C16H14N6O4S. The molecule has 0 aliphatic heterocycles. The predicted octanol–water partition coefficient (Wildman–Crippen LogP) is 0.516. The van der Waals surface area contributed by atoms with Crippen LogP contribution in [0, 0.1) is 13.8 Å². The van der Waals surface area contributed by atoms with Gasteiger partial charge in [-0.15, -0.1) is 11.3 Å². The van der Waals surface area contributed by atoms with Crippen molar-refractivity contribution in [2.45, 2.75) is 13.8 Å². The third kappa shape index (κ3) is 2.56. The van der Waals surface area contributed by atoms with Crippen LogP contribution in [0.15, 0.2) is 25.2 Å². The molecule has 0 radical (unpaired) electrons. The van der Waals surface area contributed by atoms with Crippen LogP contribution >= 0.6 is 11.3 Å². The van der Waals surface area contributed by atoms with Gasteiger partial charge in [0.2, 0.25) is 0 Å². The number of aryl methyl sites for hydroxylation is 2. The topological polar surface area (TPSA) is 173 Å². The first-order chi connectivity index (χ1) is 12.8. The molecule has 4 aromatic rings. The maximum atomic E-state index is 12.5. The molecule has 0 unspecified atom stereocenters. The highest BCUT2D eigenvalue weighted by Gasteiger charge is 2.24. The smallest absolute Gasteiger partial charge is 0.327 e. The molecule has 10 nitrogen and oxygen atoms in total. The molecule has 0 aliphatic carbocycles. The minimum absolute atomic E-state index is 0.0587. The van der Waals surface area contributed by atoms with Crippen LogP contribution in [0.3, 0.4) is 0 Å². The fraction of sp³-hybridized carbons (Fsp3) is 0.125.